The van der Waals surface area contributed by atoms with E-state index in [2.05, 4.69) is 21.2 Å². The summed E-state index contributed by atoms with van der Waals surface area (Å²) in [5.41, 5.74) is 0.924. The molecular formula is C13H13BrFNO2. The summed E-state index contributed by atoms with van der Waals surface area (Å²) in [6, 6.07) is 8.12. The van der Waals surface area contributed by atoms with Crippen LogP contribution in [0.25, 0.3) is 0 Å². The highest BCUT2D eigenvalue weighted by molar-refractivity contribution is 9.10. The minimum Gasteiger partial charge on any atom is -0.468 e. The summed E-state index contributed by atoms with van der Waals surface area (Å²) in [7, 11) is 0. The number of aliphatic hydroxyl groups is 1. The number of benzene rings is 1. The van der Waals surface area contributed by atoms with Crippen molar-refractivity contribution < 1.29 is 13.9 Å². The second-order valence-electron chi connectivity index (χ2n) is 3.88. The maximum absolute atomic E-state index is 13.1. The minimum atomic E-state index is -0.288. The van der Waals surface area contributed by atoms with Gasteiger partial charge in [-0.15, -0.1) is 0 Å². The van der Waals surface area contributed by atoms with Crippen molar-refractivity contribution in [2.75, 3.05) is 6.61 Å². The molecule has 0 fully saturated rings. The van der Waals surface area contributed by atoms with Gasteiger partial charge in [0.1, 0.15) is 11.6 Å². The standard InChI is InChI=1S/C13H13BrFNO2/c14-10-6-9(3-4-11(10)15)7-16-12(8-17)13-2-1-5-18-13/h1-6,12,16-17H,7-8H2. The number of furan rings is 1. The molecule has 96 valence electrons. The number of nitrogens with one attached hydrogen (secondary N) is 1. The number of rotatable bonds is 5. The molecule has 2 rings (SSSR count). The van der Waals surface area contributed by atoms with Gasteiger partial charge in [0.2, 0.25) is 0 Å². The van der Waals surface area contributed by atoms with Gasteiger partial charge in [0, 0.05) is 6.54 Å². The van der Waals surface area contributed by atoms with Crippen LogP contribution in [0.3, 0.4) is 0 Å². The van der Waals surface area contributed by atoms with Crippen molar-refractivity contribution in [3.05, 3.63) is 58.2 Å². The molecule has 0 aliphatic heterocycles. The van der Waals surface area contributed by atoms with Crippen LogP contribution in [0.1, 0.15) is 17.4 Å². The quantitative estimate of drug-likeness (QED) is 0.892. The Bertz CT molecular complexity index is 502. The lowest BCUT2D eigenvalue weighted by Crippen LogP contribution is -2.23. The fourth-order valence-corrected chi connectivity index (χ4v) is 2.06. The molecule has 0 saturated heterocycles. The molecule has 1 aromatic heterocycles. The molecule has 0 saturated carbocycles. The first kappa shape index (κ1) is 13.3. The molecule has 0 aliphatic carbocycles. The van der Waals surface area contributed by atoms with Crippen molar-refractivity contribution in [1.82, 2.24) is 5.32 Å². The Morgan fingerprint density at radius 3 is 2.83 bits per heavy atom. The average Bonchev–Trinajstić information content (AvgIpc) is 2.88. The third-order valence-corrected chi connectivity index (χ3v) is 3.21. The van der Waals surface area contributed by atoms with E-state index in [0.29, 0.717) is 16.8 Å². The van der Waals surface area contributed by atoms with Gasteiger partial charge in [-0.05, 0) is 45.8 Å². The van der Waals surface area contributed by atoms with E-state index in [1.807, 2.05) is 0 Å². The first-order valence-corrected chi connectivity index (χ1v) is 6.31. The van der Waals surface area contributed by atoms with Crippen LogP contribution in [-0.4, -0.2) is 11.7 Å². The van der Waals surface area contributed by atoms with Gasteiger partial charge in [-0.25, -0.2) is 4.39 Å². The van der Waals surface area contributed by atoms with E-state index in [-0.39, 0.29) is 18.5 Å². The second-order valence-corrected chi connectivity index (χ2v) is 4.73. The predicted octanol–water partition coefficient (Wildman–Crippen LogP) is 3.00. The largest absolute Gasteiger partial charge is 0.468 e. The monoisotopic (exact) mass is 313 g/mol. The van der Waals surface area contributed by atoms with Crippen molar-refractivity contribution in [2.45, 2.75) is 12.6 Å². The van der Waals surface area contributed by atoms with Gasteiger partial charge in [-0.3, -0.25) is 0 Å². The Labute approximate surface area is 113 Å². The second kappa shape index (κ2) is 6.13. The Morgan fingerprint density at radius 2 is 2.22 bits per heavy atom. The fraction of sp³-hybridized carbons (Fsp3) is 0.231. The van der Waals surface area contributed by atoms with Crippen LogP contribution in [0.15, 0.2) is 45.5 Å². The van der Waals surface area contributed by atoms with E-state index in [0.717, 1.165) is 5.56 Å². The molecule has 1 unspecified atom stereocenters. The molecular weight excluding hydrogens is 301 g/mol. The summed E-state index contributed by atoms with van der Waals surface area (Å²) in [5, 5.41) is 12.4. The molecule has 2 N–H and O–H groups in total. The zero-order valence-corrected chi connectivity index (χ0v) is 11.2. The van der Waals surface area contributed by atoms with Gasteiger partial charge in [0.15, 0.2) is 0 Å². The number of hydrogen-bond acceptors (Lipinski definition) is 3. The van der Waals surface area contributed by atoms with Crippen molar-refractivity contribution in [3.8, 4) is 0 Å². The molecule has 0 radical (unpaired) electrons. The first-order chi connectivity index (χ1) is 8.70. The summed E-state index contributed by atoms with van der Waals surface area (Å²) in [6.45, 7) is 0.459. The van der Waals surface area contributed by atoms with Crippen LogP contribution >= 0.6 is 15.9 Å². The van der Waals surface area contributed by atoms with Gasteiger partial charge >= 0.3 is 0 Å². The Balaban J connectivity index is 1.99. The van der Waals surface area contributed by atoms with E-state index in [9.17, 15) is 9.50 Å². The maximum Gasteiger partial charge on any atom is 0.137 e. The zero-order chi connectivity index (χ0) is 13.0. The molecule has 0 bridgehead atoms. The number of halogens is 2. The van der Waals surface area contributed by atoms with Crippen LogP contribution in [-0.2, 0) is 6.54 Å². The molecule has 5 heteroatoms. The molecule has 18 heavy (non-hydrogen) atoms. The van der Waals surface area contributed by atoms with E-state index in [1.54, 1.807) is 30.5 Å². The molecule has 0 aliphatic rings. The van der Waals surface area contributed by atoms with E-state index in [4.69, 9.17) is 4.42 Å². The van der Waals surface area contributed by atoms with Crippen LogP contribution < -0.4 is 5.32 Å². The van der Waals surface area contributed by atoms with Gasteiger partial charge in [0.25, 0.3) is 0 Å². The summed E-state index contributed by atoms with van der Waals surface area (Å²) >= 11 is 3.14. The van der Waals surface area contributed by atoms with Crippen molar-refractivity contribution >= 4 is 15.9 Å². The van der Waals surface area contributed by atoms with Crippen molar-refractivity contribution in [1.29, 1.82) is 0 Å². The van der Waals surface area contributed by atoms with Crippen molar-refractivity contribution in [2.24, 2.45) is 0 Å². The smallest absolute Gasteiger partial charge is 0.137 e. The van der Waals surface area contributed by atoms with Crippen LogP contribution in [0, 0.1) is 5.82 Å². The summed E-state index contributed by atoms with van der Waals surface area (Å²) in [5.74, 6) is 0.391. The molecule has 1 atom stereocenters. The normalized spacial score (nSPS) is 12.6. The summed E-state index contributed by atoms with van der Waals surface area (Å²) in [6.07, 6.45) is 1.56. The summed E-state index contributed by atoms with van der Waals surface area (Å²) < 4.78 is 18.7. The number of hydrogen-bond donors (Lipinski definition) is 2. The van der Waals surface area contributed by atoms with Gasteiger partial charge in [-0.1, -0.05) is 6.07 Å². The lowest BCUT2D eigenvalue weighted by Gasteiger charge is -2.14. The lowest BCUT2D eigenvalue weighted by atomic mass is 10.2. The summed E-state index contributed by atoms with van der Waals surface area (Å²) in [4.78, 5) is 0. The fourth-order valence-electron chi connectivity index (χ4n) is 1.64. The highest BCUT2D eigenvalue weighted by Gasteiger charge is 2.12. The topological polar surface area (TPSA) is 45.4 Å². The van der Waals surface area contributed by atoms with E-state index < -0.39 is 0 Å². The highest BCUT2D eigenvalue weighted by Crippen LogP contribution is 2.18. The van der Waals surface area contributed by atoms with Crippen molar-refractivity contribution in [3.63, 3.8) is 0 Å². The molecule has 0 amide bonds. The predicted molar refractivity (Wildman–Crippen MR) is 69.5 cm³/mol. The Kier molecular flexibility index (Phi) is 4.52. The van der Waals surface area contributed by atoms with Crippen LogP contribution in [0.5, 0.6) is 0 Å². The van der Waals surface area contributed by atoms with Gasteiger partial charge in [0.05, 0.1) is 23.4 Å². The Hall–Kier alpha value is -1.17. The maximum atomic E-state index is 13.1. The lowest BCUT2D eigenvalue weighted by molar-refractivity contribution is 0.225. The first-order valence-electron chi connectivity index (χ1n) is 5.52. The average molecular weight is 314 g/mol. The molecule has 1 aromatic carbocycles. The van der Waals surface area contributed by atoms with Crippen LogP contribution in [0.4, 0.5) is 4.39 Å². The molecule has 1 heterocycles. The highest BCUT2D eigenvalue weighted by atomic mass is 79.9. The Morgan fingerprint density at radius 1 is 1.39 bits per heavy atom. The van der Waals surface area contributed by atoms with Gasteiger partial charge < -0.3 is 14.8 Å². The third kappa shape index (κ3) is 3.19. The van der Waals surface area contributed by atoms with Crippen LogP contribution in [0.2, 0.25) is 0 Å². The minimum absolute atomic E-state index is 0.0596. The van der Waals surface area contributed by atoms with Gasteiger partial charge in [-0.2, -0.15) is 0 Å². The van der Waals surface area contributed by atoms with E-state index in [1.165, 1.54) is 6.07 Å². The third-order valence-electron chi connectivity index (χ3n) is 2.61. The molecule has 0 spiro atoms. The zero-order valence-electron chi connectivity index (χ0n) is 9.57. The van der Waals surface area contributed by atoms with E-state index >= 15 is 0 Å². The molecule has 2 aromatic rings. The SMILES string of the molecule is OCC(NCc1ccc(F)c(Br)c1)c1ccco1. The molecule has 3 nitrogen and oxygen atoms in total. The number of aliphatic hydroxyl groups excluding tert-OH is 1.